The van der Waals surface area contributed by atoms with Gasteiger partial charge in [-0.3, -0.25) is 10.1 Å². The fraction of sp³-hybridized carbons (Fsp3) is 0.625. The third-order valence-electron chi connectivity index (χ3n) is 4.88. The number of hydrogen-bond donors (Lipinski definition) is 1. The molecule has 0 radical (unpaired) electrons. The largest absolute Gasteiger partial charge is 0.379 e. The summed E-state index contributed by atoms with van der Waals surface area (Å²) in [6.07, 6.45) is 9.35. The Morgan fingerprint density at radius 3 is 2.75 bits per heavy atom. The van der Waals surface area contributed by atoms with Crippen molar-refractivity contribution in [3.63, 3.8) is 0 Å². The van der Waals surface area contributed by atoms with Crippen molar-refractivity contribution in [2.45, 2.75) is 50.9 Å². The third kappa shape index (κ3) is 2.65. The van der Waals surface area contributed by atoms with E-state index in [-0.39, 0.29) is 10.6 Å². The second kappa shape index (κ2) is 5.81. The van der Waals surface area contributed by atoms with Crippen molar-refractivity contribution in [1.29, 1.82) is 0 Å². The van der Waals surface area contributed by atoms with Crippen molar-refractivity contribution in [3.05, 3.63) is 33.9 Å². The number of fused-ring (bicyclic) bond motifs is 1. The maximum Gasteiger partial charge on any atom is 0.292 e. The van der Waals surface area contributed by atoms with E-state index in [9.17, 15) is 10.1 Å². The molecule has 1 heterocycles. The number of anilines is 1. The molecule has 4 heteroatoms. The van der Waals surface area contributed by atoms with Crippen molar-refractivity contribution in [2.75, 3.05) is 11.9 Å². The average Bonchev–Trinajstić information content (AvgIpc) is 2.89. The molecule has 2 aliphatic rings. The minimum Gasteiger partial charge on any atom is -0.379 e. The minimum absolute atomic E-state index is 0.225. The van der Waals surface area contributed by atoms with Crippen molar-refractivity contribution in [2.24, 2.45) is 5.92 Å². The molecule has 1 unspecified atom stereocenters. The Kier molecular flexibility index (Phi) is 3.90. The number of hydrogen-bond acceptors (Lipinski definition) is 3. The summed E-state index contributed by atoms with van der Waals surface area (Å²) in [7, 11) is 0. The highest BCUT2D eigenvalue weighted by Gasteiger charge is 2.29. The Morgan fingerprint density at radius 1 is 1.20 bits per heavy atom. The standard InChI is InChI=1S/C16H22N2O2/c19-18(20)15-8-4-7-14-13(11-17-16(14)15)10-9-12-5-2-1-3-6-12/h4,7-8,12-13,17H,1-3,5-6,9-11H2. The molecule has 1 aliphatic heterocycles. The van der Waals surface area contributed by atoms with E-state index in [0.717, 1.165) is 30.1 Å². The molecular formula is C16H22N2O2. The van der Waals surface area contributed by atoms with E-state index in [0.29, 0.717) is 5.92 Å². The molecule has 0 bridgehead atoms. The van der Waals surface area contributed by atoms with Crippen LogP contribution in [0.1, 0.15) is 56.4 Å². The minimum atomic E-state index is -0.282. The summed E-state index contributed by atoms with van der Waals surface area (Å²) in [6.45, 7) is 0.854. The van der Waals surface area contributed by atoms with Crippen LogP contribution in [0.3, 0.4) is 0 Å². The molecule has 1 aromatic carbocycles. The highest BCUT2D eigenvalue weighted by Crippen LogP contribution is 2.41. The van der Waals surface area contributed by atoms with Crippen LogP contribution in [0, 0.1) is 16.0 Å². The monoisotopic (exact) mass is 274 g/mol. The third-order valence-corrected chi connectivity index (χ3v) is 4.88. The quantitative estimate of drug-likeness (QED) is 0.651. The van der Waals surface area contributed by atoms with Gasteiger partial charge in [-0.05, 0) is 24.3 Å². The van der Waals surface area contributed by atoms with Gasteiger partial charge < -0.3 is 5.32 Å². The molecule has 1 aliphatic carbocycles. The molecule has 20 heavy (non-hydrogen) atoms. The zero-order chi connectivity index (χ0) is 13.9. The number of nitro benzene ring substituents is 1. The SMILES string of the molecule is O=[N+]([O-])c1cccc2c1NCC2CCC1CCCCC1. The molecule has 0 amide bonds. The van der Waals surface area contributed by atoms with Crippen LogP contribution < -0.4 is 5.32 Å². The Morgan fingerprint density at radius 2 is 2.00 bits per heavy atom. The Balaban J connectivity index is 1.66. The molecule has 1 fully saturated rings. The highest BCUT2D eigenvalue weighted by molar-refractivity contribution is 5.70. The lowest BCUT2D eigenvalue weighted by atomic mass is 9.83. The van der Waals surface area contributed by atoms with E-state index < -0.39 is 0 Å². The van der Waals surface area contributed by atoms with Gasteiger partial charge in [0.05, 0.1) is 4.92 Å². The summed E-state index contributed by atoms with van der Waals surface area (Å²) in [5.41, 5.74) is 2.13. The van der Waals surface area contributed by atoms with Gasteiger partial charge >= 0.3 is 0 Å². The molecule has 4 nitrogen and oxygen atoms in total. The van der Waals surface area contributed by atoms with Crippen molar-refractivity contribution in [1.82, 2.24) is 0 Å². The number of nitrogens with zero attached hydrogens (tertiary/aromatic N) is 1. The summed E-state index contributed by atoms with van der Waals surface area (Å²) >= 11 is 0. The topological polar surface area (TPSA) is 55.2 Å². The van der Waals surface area contributed by atoms with Crippen molar-refractivity contribution in [3.8, 4) is 0 Å². The summed E-state index contributed by atoms with van der Waals surface area (Å²) < 4.78 is 0. The molecule has 1 atom stereocenters. The molecule has 1 aromatic rings. The maximum absolute atomic E-state index is 11.0. The first-order valence-corrected chi connectivity index (χ1v) is 7.77. The first kappa shape index (κ1) is 13.4. The van der Waals surface area contributed by atoms with E-state index >= 15 is 0 Å². The van der Waals surface area contributed by atoms with Crippen LogP contribution in [0.25, 0.3) is 0 Å². The normalized spacial score (nSPS) is 22.3. The smallest absolute Gasteiger partial charge is 0.292 e. The summed E-state index contributed by atoms with van der Waals surface area (Å²) in [4.78, 5) is 10.8. The predicted octanol–water partition coefficient (Wildman–Crippen LogP) is 4.46. The fourth-order valence-electron chi connectivity index (χ4n) is 3.75. The number of nitrogens with one attached hydrogen (secondary N) is 1. The van der Waals surface area contributed by atoms with E-state index in [1.807, 2.05) is 12.1 Å². The lowest BCUT2D eigenvalue weighted by molar-refractivity contribution is -0.383. The van der Waals surface area contributed by atoms with Crippen molar-refractivity contribution >= 4 is 11.4 Å². The lowest BCUT2D eigenvalue weighted by Crippen LogP contribution is -2.09. The fourth-order valence-corrected chi connectivity index (χ4v) is 3.75. The van der Waals surface area contributed by atoms with Crippen LogP contribution >= 0.6 is 0 Å². The van der Waals surface area contributed by atoms with Gasteiger partial charge in [0.25, 0.3) is 5.69 Å². The van der Waals surface area contributed by atoms with Crippen LogP contribution in [-0.4, -0.2) is 11.5 Å². The number of benzene rings is 1. The molecule has 1 N–H and O–H groups in total. The van der Waals surface area contributed by atoms with Crippen LogP contribution in [-0.2, 0) is 0 Å². The molecule has 3 rings (SSSR count). The summed E-state index contributed by atoms with van der Waals surface area (Å²) in [5, 5.41) is 14.3. The highest BCUT2D eigenvalue weighted by atomic mass is 16.6. The molecule has 108 valence electrons. The second-order valence-corrected chi connectivity index (χ2v) is 6.16. The Labute approximate surface area is 119 Å². The first-order chi connectivity index (χ1) is 9.75. The van der Waals surface area contributed by atoms with Gasteiger partial charge in [0.15, 0.2) is 0 Å². The van der Waals surface area contributed by atoms with Crippen LogP contribution in [0.4, 0.5) is 11.4 Å². The summed E-state index contributed by atoms with van der Waals surface area (Å²) in [5.74, 6) is 1.33. The van der Waals surface area contributed by atoms with Gasteiger partial charge in [-0.25, -0.2) is 0 Å². The Bertz CT molecular complexity index is 495. The van der Waals surface area contributed by atoms with E-state index in [1.54, 1.807) is 6.07 Å². The van der Waals surface area contributed by atoms with Gasteiger partial charge in [0, 0.05) is 18.5 Å². The van der Waals surface area contributed by atoms with Gasteiger partial charge in [0.2, 0.25) is 0 Å². The zero-order valence-electron chi connectivity index (χ0n) is 11.8. The summed E-state index contributed by atoms with van der Waals surface area (Å²) in [6, 6.07) is 5.46. The van der Waals surface area contributed by atoms with Gasteiger partial charge in [-0.1, -0.05) is 44.2 Å². The van der Waals surface area contributed by atoms with Crippen LogP contribution in [0.5, 0.6) is 0 Å². The van der Waals surface area contributed by atoms with E-state index in [1.165, 1.54) is 38.5 Å². The molecule has 0 aromatic heterocycles. The molecule has 1 saturated carbocycles. The zero-order valence-corrected chi connectivity index (χ0v) is 11.8. The van der Waals surface area contributed by atoms with Gasteiger partial charge in [0.1, 0.15) is 5.69 Å². The second-order valence-electron chi connectivity index (χ2n) is 6.16. The molecule has 0 saturated heterocycles. The van der Waals surface area contributed by atoms with E-state index in [4.69, 9.17) is 0 Å². The van der Waals surface area contributed by atoms with Crippen molar-refractivity contribution < 1.29 is 4.92 Å². The Hall–Kier alpha value is -1.58. The molecular weight excluding hydrogens is 252 g/mol. The average molecular weight is 274 g/mol. The molecule has 0 spiro atoms. The lowest BCUT2D eigenvalue weighted by Gasteiger charge is -2.22. The van der Waals surface area contributed by atoms with Gasteiger partial charge in [-0.15, -0.1) is 0 Å². The van der Waals surface area contributed by atoms with E-state index in [2.05, 4.69) is 5.32 Å². The predicted molar refractivity (Wildman–Crippen MR) is 80.1 cm³/mol. The van der Waals surface area contributed by atoms with Crippen LogP contribution in [0.2, 0.25) is 0 Å². The maximum atomic E-state index is 11.0. The van der Waals surface area contributed by atoms with Crippen LogP contribution in [0.15, 0.2) is 18.2 Å². The first-order valence-electron chi connectivity index (χ1n) is 7.77. The number of para-hydroxylation sites is 1. The number of rotatable bonds is 4. The number of nitro groups is 1. The van der Waals surface area contributed by atoms with Gasteiger partial charge in [-0.2, -0.15) is 0 Å².